The summed E-state index contributed by atoms with van der Waals surface area (Å²) < 4.78 is 10.7. The van der Waals surface area contributed by atoms with E-state index < -0.39 is 0 Å². The van der Waals surface area contributed by atoms with Gasteiger partial charge in [-0.1, -0.05) is 13.0 Å². The van der Waals surface area contributed by atoms with Gasteiger partial charge in [0.2, 0.25) is 0 Å². The fourth-order valence-corrected chi connectivity index (χ4v) is 2.76. The van der Waals surface area contributed by atoms with Gasteiger partial charge < -0.3 is 14.8 Å². The molecule has 1 saturated heterocycles. The van der Waals surface area contributed by atoms with Crippen molar-refractivity contribution in [2.45, 2.75) is 19.4 Å². The standard InChI is InChI=1S/C15H24N2O2.2ClH/c1-4-13(17-9-7-16-8-10-17)12-5-6-14(18-2)15(11-12)19-3;;/h5-6,11,13,16H,4,7-10H2,1-3H3;2*1H/t13-;;/m0../s1. The number of hydrogen-bond acceptors (Lipinski definition) is 4. The van der Waals surface area contributed by atoms with Crippen molar-refractivity contribution in [3.63, 3.8) is 0 Å². The number of hydrogen-bond donors (Lipinski definition) is 1. The van der Waals surface area contributed by atoms with E-state index >= 15 is 0 Å². The Hall–Kier alpha value is -0.680. The predicted octanol–water partition coefficient (Wildman–Crippen LogP) is 2.90. The molecule has 0 aliphatic carbocycles. The van der Waals surface area contributed by atoms with Crippen LogP contribution in [0.25, 0.3) is 0 Å². The molecule has 1 fully saturated rings. The summed E-state index contributed by atoms with van der Waals surface area (Å²) in [6.45, 7) is 6.59. The molecule has 0 aromatic heterocycles. The molecule has 1 aliphatic rings. The highest BCUT2D eigenvalue weighted by atomic mass is 35.5. The summed E-state index contributed by atoms with van der Waals surface area (Å²) in [5, 5.41) is 3.40. The average Bonchev–Trinajstić information content (AvgIpc) is 2.49. The van der Waals surface area contributed by atoms with Crippen LogP contribution >= 0.6 is 24.8 Å². The molecule has 0 amide bonds. The fourth-order valence-electron chi connectivity index (χ4n) is 2.76. The lowest BCUT2D eigenvalue weighted by Gasteiger charge is -2.35. The molecule has 2 rings (SSSR count). The van der Waals surface area contributed by atoms with Crippen LogP contribution in [0.15, 0.2) is 18.2 Å². The van der Waals surface area contributed by atoms with Crippen molar-refractivity contribution >= 4 is 24.8 Å². The lowest BCUT2D eigenvalue weighted by Crippen LogP contribution is -2.45. The van der Waals surface area contributed by atoms with E-state index in [2.05, 4.69) is 29.3 Å². The topological polar surface area (TPSA) is 33.7 Å². The second-order valence-electron chi connectivity index (χ2n) is 4.82. The summed E-state index contributed by atoms with van der Waals surface area (Å²) in [5.41, 5.74) is 1.31. The number of rotatable bonds is 5. The lowest BCUT2D eigenvalue weighted by atomic mass is 10.0. The van der Waals surface area contributed by atoms with Crippen LogP contribution in [0.1, 0.15) is 24.9 Å². The summed E-state index contributed by atoms with van der Waals surface area (Å²) in [4.78, 5) is 2.54. The first-order valence-electron chi connectivity index (χ1n) is 6.96. The second kappa shape index (κ2) is 10.1. The third-order valence-corrected chi connectivity index (χ3v) is 3.77. The first-order chi connectivity index (χ1) is 9.30. The summed E-state index contributed by atoms with van der Waals surface area (Å²) in [6.07, 6.45) is 1.11. The second-order valence-corrected chi connectivity index (χ2v) is 4.82. The van der Waals surface area contributed by atoms with Crippen molar-refractivity contribution < 1.29 is 9.47 Å². The monoisotopic (exact) mass is 336 g/mol. The van der Waals surface area contributed by atoms with Crippen LogP contribution in [0.5, 0.6) is 11.5 Å². The maximum Gasteiger partial charge on any atom is 0.161 e. The maximum atomic E-state index is 5.40. The number of nitrogens with zero attached hydrogens (tertiary/aromatic N) is 1. The van der Waals surface area contributed by atoms with E-state index in [1.54, 1.807) is 14.2 Å². The van der Waals surface area contributed by atoms with Crippen molar-refractivity contribution in [3.8, 4) is 11.5 Å². The van der Waals surface area contributed by atoms with E-state index in [1.165, 1.54) is 5.56 Å². The number of ether oxygens (including phenoxy) is 2. The molecular weight excluding hydrogens is 311 g/mol. The van der Waals surface area contributed by atoms with Gasteiger partial charge in [0.15, 0.2) is 11.5 Å². The first kappa shape index (κ1) is 20.3. The van der Waals surface area contributed by atoms with Gasteiger partial charge in [-0.3, -0.25) is 4.90 Å². The molecule has 1 aliphatic heterocycles. The molecule has 1 heterocycles. The van der Waals surface area contributed by atoms with Gasteiger partial charge in [0.1, 0.15) is 0 Å². The smallest absolute Gasteiger partial charge is 0.161 e. The zero-order chi connectivity index (χ0) is 13.7. The number of halogens is 2. The SMILES string of the molecule is CC[C@@H](c1ccc(OC)c(OC)c1)N1CCNCC1.Cl.Cl. The van der Waals surface area contributed by atoms with E-state index in [-0.39, 0.29) is 24.8 Å². The van der Waals surface area contributed by atoms with Crippen LogP contribution in [0.2, 0.25) is 0 Å². The molecule has 0 saturated carbocycles. The summed E-state index contributed by atoms with van der Waals surface area (Å²) >= 11 is 0. The molecule has 4 nitrogen and oxygen atoms in total. The number of benzene rings is 1. The van der Waals surface area contributed by atoms with E-state index in [9.17, 15) is 0 Å². The van der Waals surface area contributed by atoms with Crippen LogP contribution in [-0.4, -0.2) is 45.3 Å². The normalized spacial score (nSPS) is 16.3. The van der Waals surface area contributed by atoms with E-state index in [1.807, 2.05) is 6.07 Å². The van der Waals surface area contributed by atoms with Crippen molar-refractivity contribution in [2.75, 3.05) is 40.4 Å². The van der Waals surface area contributed by atoms with Gasteiger partial charge in [0.25, 0.3) is 0 Å². The Morgan fingerprint density at radius 3 is 2.24 bits per heavy atom. The highest BCUT2D eigenvalue weighted by Gasteiger charge is 2.21. The number of piperazine rings is 1. The van der Waals surface area contributed by atoms with Crippen LogP contribution in [0.3, 0.4) is 0 Å². The maximum absolute atomic E-state index is 5.40. The largest absolute Gasteiger partial charge is 0.493 e. The van der Waals surface area contributed by atoms with Gasteiger partial charge in [-0.25, -0.2) is 0 Å². The van der Waals surface area contributed by atoms with Crippen LogP contribution < -0.4 is 14.8 Å². The van der Waals surface area contributed by atoms with E-state index in [0.717, 1.165) is 44.1 Å². The van der Waals surface area contributed by atoms with E-state index in [0.29, 0.717) is 6.04 Å². The summed E-state index contributed by atoms with van der Waals surface area (Å²) in [6, 6.07) is 6.72. The molecule has 1 N–H and O–H groups in total. The Balaban J connectivity index is 0.00000200. The first-order valence-corrected chi connectivity index (χ1v) is 6.96. The van der Waals surface area contributed by atoms with Gasteiger partial charge in [-0.15, -0.1) is 24.8 Å². The quantitative estimate of drug-likeness (QED) is 0.896. The van der Waals surface area contributed by atoms with Crippen molar-refractivity contribution in [1.29, 1.82) is 0 Å². The highest BCUT2D eigenvalue weighted by Crippen LogP contribution is 2.33. The molecule has 122 valence electrons. The van der Waals surface area contributed by atoms with Crippen molar-refractivity contribution in [1.82, 2.24) is 10.2 Å². The molecular formula is C15H26Cl2N2O2. The summed E-state index contributed by atoms with van der Waals surface area (Å²) in [5.74, 6) is 1.61. The van der Waals surface area contributed by atoms with Crippen LogP contribution in [0, 0.1) is 0 Å². The molecule has 0 bridgehead atoms. The minimum Gasteiger partial charge on any atom is -0.493 e. The van der Waals surface area contributed by atoms with Crippen molar-refractivity contribution in [3.05, 3.63) is 23.8 Å². The average molecular weight is 337 g/mol. The molecule has 1 aromatic carbocycles. The van der Waals surface area contributed by atoms with Gasteiger partial charge in [0, 0.05) is 32.2 Å². The minimum atomic E-state index is 0. The molecule has 1 atom stereocenters. The third-order valence-electron chi connectivity index (χ3n) is 3.77. The van der Waals surface area contributed by atoms with Gasteiger partial charge in [0.05, 0.1) is 14.2 Å². The van der Waals surface area contributed by atoms with Gasteiger partial charge in [-0.2, -0.15) is 0 Å². The number of methoxy groups -OCH3 is 2. The minimum absolute atomic E-state index is 0. The fraction of sp³-hybridized carbons (Fsp3) is 0.600. The Kier molecular flexibility index (Phi) is 9.79. The molecule has 0 unspecified atom stereocenters. The lowest BCUT2D eigenvalue weighted by molar-refractivity contribution is 0.169. The molecule has 6 heteroatoms. The molecule has 1 aromatic rings. The van der Waals surface area contributed by atoms with Gasteiger partial charge >= 0.3 is 0 Å². The van der Waals surface area contributed by atoms with E-state index in [4.69, 9.17) is 9.47 Å². The number of nitrogens with one attached hydrogen (secondary N) is 1. The Bertz CT molecular complexity index is 413. The molecule has 0 spiro atoms. The van der Waals surface area contributed by atoms with Crippen LogP contribution in [-0.2, 0) is 0 Å². The molecule has 0 radical (unpaired) electrons. The van der Waals surface area contributed by atoms with Crippen molar-refractivity contribution in [2.24, 2.45) is 0 Å². The highest BCUT2D eigenvalue weighted by molar-refractivity contribution is 5.85. The van der Waals surface area contributed by atoms with Crippen LogP contribution in [0.4, 0.5) is 0 Å². The van der Waals surface area contributed by atoms with Gasteiger partial charge in [-0.05, 0) is 24.1 Å². The Morgan fingerprint density at radius 1 is 1.10 bits per heavy atom. The summed E-state index contributed by atoms with van der Waals surface area (Å²) in [7, 11) is 3.36. The Morgan fingerprint density at radius 2 is 1.71 bits per heavy atom. The molecule has 21 heavy (non-hydrogen) atoms. The third kappa shape index (κ3) is 4.92. The zero-order valence-corrected chi connectivity index (χ0v) is 14.6. The predicted molar refractivity (Wildman–Crippen MR) is 91.5 cm³/mol. The zero-order valence-electron chi connectivity index (χ0n) is 12.9. The Labute approximate surface area is 140 Å².